The van der Waals surface area contributed by atoms with Crippen LogP contribution < -0.4 is 10.1 Å². The maximum atomic E-state index is 12.6. The summed E-state index contributed by atoms with van der Waals surface area (Å²) in [7, 11) is 1.66. The highest BCUT2D eigenvalue weighted by molar-refractivity contribution is 5.88. The van der Waals surface area contributed by atoms with Crippen molar-refractivity contribution in [3.05, 3.63) is 29.5 Å². The molecular weight excluding hydrogens is 342 g/mol. The number of nitrogens with zero attached hydrogens (tertiary/aromatic N) is 1. The number of fused-ring (bicyclic) bond motifs is 3. The monoisotopic (exact) mass is 369 g/mol. The SMILES string of the molecule is COc1ccc2[nH]c3c(c2c1)CN(C(=O)CCC(=O)NC1CCCC1)CC3. The number of amides is 2. The Morgan fingerprint density at radius 1 is 1.26 bits per heavy atom. The van der Waals surface area contributed by atoms with E-state index in [1.165, 1.54) is 24.1 Å². The molecule has 2 aliphatic rings. The molecule has 2 N–H and O–H groups in total. The molecule has 2 heterocycles. The molecule has 1 saturated carbocycles. The molecule has 0 spiro atoms. The van der Waals surface area contributed by atoms with Gasteiger partial charge in [0.15, 0.2) is 0 Å². The number of nitrogens with one attached hydrogen (secondary N) is 2. The minimum atomic E-state index is 0.00443. The Morgan fingerprint density at radius 2 is 2.07 bits per heavy atom. The van der Waals surface area contributed by atoms with Crippen LogP contribution in [0.2, 0.25) is 0 Å². The molecule has 1 aliphatic heterocycles. The Morgan fingerprint density at radius 3 is 2.85 bits per heavy atom. The average molecular weight is 369 g/mol. The highest BCUT2D eigenvalue weighted by Crippen LogP contribution is 2.30. The van der Waals surface area contributed by atoms with Crippen LogP contribution in [0.3, 0.4) is 0 Å². The second-order valence-corrected chi connectivity index (χ2v) is 7.61. The van der Waals surface area contributed by atoms with Gasteiger partial charge in [0.2, 0.25) is 11.8 Å². The van der Waals surface area contributed by atoms with Crippen LogP contribution in [0.25, 0.3) is 10.9 Å². The summed E-state index contributed by atoms with van der Waals surface area (Å²) in [4.78, 5) is 30.1. The number of benzene rings is 1. The first kappa shape index (κ1) is 17.9. The van der Waals surface area contributed by atoms with Gasteiger partial charge in [-0.05, 0) is 31.0 Å². The Balaban J connectivity index is 1.38. The largest absolute Gasteiger partial charge is 0.497 e. The fraction of sp³-hybridized carbons (Fsp3) is 0.524. The number of hydrogen-bond donors (Lipinski definition) is 2. The normalized spacial score (nSPS) is 17.1. The van der Waals surface area contributed by atoms with E-state index in [2.05, 4.69) is 10.3 Å². The van der Waals surface area contributed by atoms with Crippen molar-refractivity contribution in [2.75, 3.05) is 13.7 Å². The van der Waals surface area contributed by atoms with Gasteiger partial charge in [-0.25, -0.2) is 0 Å². The zero-order valence-electron chi connectivity index (χ0n) is 15.8. The molecule has 0 atom stereocenters. The molecule has 1 fully saturated rings. The average Bonchev–Trinajstić information content (AvgIpc) is 3.32. The number of aromatic nitrogens is 1. The Labute approximate surface area is 159 Å². The highest BCUT2D eigenvalue weighted by Gasteiger charge is 2.25. The van der Waals surface area contributed by atoms with Gasteiger partial charge in [0.05, 0.1) is 7.11 Å². The number of carbonyl (C=O) groups is 2. The molecule has 6 heteroatoms. The van der Waals surface area contributed by atoms with E-state index in [4.69, 9.17) is 4.74 Å². The zero-order chi connectivity index (χ0) is 18.8. The Bertz CT molecular complexity index is 852. The van der Waals surface area contributed by atoms with Crippen molar-refractivity contribution in [1.29, 1.82) is 0 Å². The molecule has 1 aliphatic carbocycles. The molecule has 6 nitrogen and oxygen atoms in total. The van der Waals surface area contributed by atoms with E-state index in [0.29, 0.717) is 19.1 Å². The second-order valence-electron chi connectivity index (χ2n) is 7.61. The zero-order valence-corrected chi connectivity index (χ0v) is 15.8. The number of hydrogen-bond acceptors (Lipinski definition) is 3. The van der Waals surface area contributed by atoms with E-state index in [9.17, 15) is 9.59 Å². The number of aromatic amines is 1. The summed E-state index contributed by atoms with van der Waals surface area (Å²) in [5.41, 5.74) is 3.44. The molecule has 4 rings (SSSR count). The molecule has 0 radical (unpaired) electrons. The van der Waals surface area contributed by atoms with Crippen molar-refractivity contribution in [2.24, 2.45) is 0 Å². The van der Waals surface area contributed by atoms with Gasteiger partial charge in [-0.3, -0.25) is 9.59 Å². The van der Waals surface area contributed by atoms with Crippen molar-refractivity contribution in [1.82, 2.24) is 15.2 Å². The van der Waals surface area contributed by atoms with Gasteiger partial charge < -0.3 is 19.9 Å². The maximum Gasteiger partial charge on any atom is 0.223 e. The number of methoxy groups -OCH3 is 1. The third-order valence-corrected chi connectivity index (χ3v) is 5.82. The molecule has 1 aromatic heterocycles. The lowest BCUT2D eigenvalue weighted by molar-refractivity contribution is -0.134. The number of carbonyl (C=O) groups excluding carboxylic acids is 2. The number of H-pyrrole nitrogens is 1. The van der Waals surface area contributed by atoms with Crippen LogP contribution in [-0.4, -0.2) is 41.4 Å². The summed E-state index contributed by atoms with van der Waals surface area (Å²) in [6, 6.07) is 6.29. The van der Waals surface area contributed by atoms with Crippen LogP contribution in [0.4, 0.5) is 0 Å². The molecular formula is C21H27N3O3. The molecule has 0 unspecified atom stereocenters. The maximum absolute atomic E-state index is 12.6. The second kappa shape index (κ2) is 7.62. The number of rotatable bonds is 5. The van der Waals surface area contributed by atoms with Gasteiger partial charge in [-0.2, -0.15) is 0 Å². The Hall–Kier alpha value is -2.50. The fourth-order valence-corrected chi connectivity index (χ4v) is 4.28. The minimum absolute atomic E-state index is 0.00443. The van der Waals surface area contributed by atoms with Crippen molar-refractivity contribution in [3.8, 4) is 5.75 Å². The van der Waals surface area contributed by atoms with Gasteiger partial charge in [0.1, 0.15) is 5.75 Å². The van der Waals surface area contributed by atoms with Crippen molar-refractivity contribution in [2.45, 2.75) is 57.5 Å². The number of ether oxygens (including phenoxy) is 1. The van der Waals surface area contributed by atoms with Gasteiger partial charge in [0, 0.05) is 60.6 Å². The lowest BCUT2D eigenvalue weighted by atomic mass is 10.0. The minimum Gasteiger partial charge on any atom is -0.497 e. The first-order valence-electron chi connectivity index (χ1n) is 9.88. The summed E-state index contributed by atoms with van der Waals surface area (Å²) in [5, 5.41) is 4.17. The Kier molecular flexibility index (Phi) is 5.05. The predicted molar refractivity (Wildman–Crippen MR) is 104 cm³/mol. The van der Waals surface area contributed by atoms with E-state index in [1.807, 2.05) is 23.1 Å². The standard InChI is InChI=1S/C21H27N3O3/c1-27-15-6-7-18-16(12-15)17-13-24(11-10-19(17)23-18)21(26)9-8-20(25)22-14-4-2-3-5-14/h6-7,12,14,23H,2-5,8-11,13H2,1H3,(H,22,25). The van der Waals surface area contributed by atoms with Crippen LogP contribution in [-0.2, 0) is 22.6 Å². The summed E-state index contributed by atoms with van der Waals surface area (Å²) >= 11 is 0. The lowest BCUT2D eigenvalue weighted by Gasteiger charge is -2.27. The van der Waals surface area contributed by atoms with Crippen LogP contribution >= 0.6 is 0 Å². The van der Waals surface area contributed by atoms with E-state index in [0.717, 1.165) is 35.9 Å². The van der Waals surface area contributed by atoms with Crippen LogP contribution in [0.5, 0.6) is 5.75 Å². The quantitative estimate of drug-likeness (QED) is 0.851. The van der Waals surface area contributed by atoms with Gasteiger partial charge in [0.25, 0.3) is 0 Å². The molecule has 144 valence electrons. The van der Waals surface area contributed by atoms with E-state index >= 15 is 0 Å². The predicted octanol–water partition coefficient (Wildman–Crippen LogP) is 2.90. The summed E-state index contributed by atoms with van der Waals surface area (Å²) in [6.07, 6.45) is 5.88. The van der Waals surface area contributed by atoms with Gasteiger partial charge in [-0.15, -0.1) is 0 Å². The summed E-state index contributed by atoms with van der Waals surface area (Å²) in [6.45, 7) is 1.28. The first-order chi connectivity index (χ1) is 13.1. The molecule has 0 bridgehead atoms. The van der Waals surface area contributed by atoms with Crippen molar-refractivity contribution in [3.63, 3.8) is 0 Å². The molecule has 1 aromatic carbocycles. The molecule has 27 heavy (non-hydrogen) atoms. The third-order valence-electron chi connectivity index (χ3n) is 5.82. The molecule has 0 saturated heterocycles. The van der Waals surface area contributed by atoms with Crippen molar-refractivity contribution < 1.29 is 14.3 Å². The lowest BCUT2D eigenvalue weighted by Crippen LogP contribution is -2.37. The van der Waals surface area contributed by atoms with Crippen LogP contribution in [0, 0.1) is 0 Å². The van der Waals surface area contributed by atoms with E-state index < -0.39 is 0 Å². The molecule has 2 amide bonds. The fourth-order valence-electron chi connectivity index (χ4n) is 4.28. The summed E-state index contributed by atoms with van der Waals surface area (Å²) < 4.78 is 5.34. The molecule has 2 aromatic rings. The van der Waals surface area contributed by atoms with Crippen LogP contribution in [0.1, 0.15) is 49.8 Å². The van der Waals surface area contributed by atoms with E-state index in [1.54, 1.807) is 7.11 Å². The van der Waals surface area contributed by atoms with Gasteiger partial charge in [-0.1, -0.05) is 12.8 Å². The van der Waals surface area contributed by atoms with E-state index in [-0.39, 0.29) is 24.7 Å². The van der Waals surface area contributed by atoms with Gasteiger partial charge >= 0.3 is 0 Å². The smallest absolute Gasteiger partial charge is 0.223 e. The topological polar surface area (TPSA) is 74.4 Å². The first-order valence-corrected chi connectivity index (χ1v) is 9.88. The van der Waals surface area contributed by atoms with Crippen LogP contribution in [0.15, 0.2) is 18.2 Å². The highest BCUT2D eigenvalue weighted by atomic mass is 16.5. The van der Waals surface area contributed by atoms with Crippen molar-refractivity contribution >= 4 is 22.7 Å². The third kappa shape index (κ3) is 3.80. The summed E-state index contributed by atoms with van der Waals surface area (Å²) in [5.74, 6) is 0.876.